The van der Waals surface area contributed by atoms with Gasteiger partial charge in [-0.25, -0.2) is 0 Å². The number of hydrogen-bond donors (Lipinski definition) is 0. The molecule has 0 aliphatic heterocycles. The molecule has 31 heavy (non-hydrogen) atoms. The van der Waals surface area contributed by atoms with Gasteiger partial charge >= 0.3 is 17.1 Å². The molecule has 1 radical (unpaired) electrons. The molecule has 173 valence electrons. The minimum absolute atomic E-state index is 0. The third kappa shape index (κ3) is 7.90. The second-order valence-electron chi connectivity index (χ2n) is 7.69. The summed E-state index contributed by atoms with van der Waals surface area (Å²) in [5.41, 5.74) is 2.27. The Kier molecular flexibility index (Phi) is 11.3. The molecule has 7 nitrogen and oxygen atoms in total. The minimum Gasteiger partial charge on any atom is -0.872 e. The second kappa shape index (κ2) is 12.3. The molecule has 0 atom stereocenters. The smallest absolute Gasteiger partial charge is 0.872 e. The maximum atomic E-state index is 12.2. The zero-order chi connectivity index (χ0) is 21.6. The first-order valence-electron chi connectivity index (χ1n) is 9.40. The van der Waals surface area contributed by atoms with E-state index in [0.29, 0.717) is 47.1 Å². The number of benzene rings is 2. The van der Waals surface area contributed by atoms with Gasteiger partial charge in [-0.2, -0.15) is 0 Å². The number of rotatable bonds is 8. The van der Waals surface area contributed by atoms with Crippen molar-refractivity contribution in [2.24, 2.45) is 15.4 Å². The SMILES string of the molecule is COc1ccc(C(C)=NCC(C)(C)CN=C(C)c2ccc(OC)cc2[O-])c([O-])c1.O.[Cu+2]. The summed E-state index contributed by atoms with van der Waals surface area (Å²) in [6.07, 6.45) is 0. The fourth-order valence-corrected chi connectivity index (χ4v) is 2.74. The topological polar surface area (TPSA) is 121 Å². The van der Waals surface area contributed by atoms with Crippen molar-refractivity contribution in [3.63, 3.8) is 0 Å². The van der Waals surface area contributed by atoms with Crippen molar-refractivity contribution in [3.8, 4) is 23.0 Å². The predicted octanol–water partition coefficient (Wildman–Crippen LogP) is 2.37. The molecule has 0 saturated carbocycles. The van der Waals surface area contributed by atoms with Gasteiger partial charge in [0, 0.05) is 29.9 Å². The maximum absolute atomic E-state index is 12.2. The van der Waals surface area contributed by atoms with Crippen LogP contribution in [0.15, 0.2) is 46.4 Å². The van der Waals surface area contributed by atoms with Gasteiger partial charge in [-0.15, -0.1) is 0 Å². The summed E-state index contributed by atoms with van der Waals surface area (Å²) in [5, 5.41) is 24.4. The van der Waals surface area contributed by atoms with Gasteiger partial charge in [-0.1, -0.05) is 37.5 Å². The number of aliphatic imine (C=N–C) groups is 2. The second-order valence-corrected chi connectivity index (χ2v) is 7.69. The Morgan fingerprint density at radius 3 is 1.45 bits per heavy atom. The summed E-state index contributed by atoms with van der Waals surface area (Å²) in [6.45, 7) is 8.78. The van der Waals surface area contributed by atoms with Crippen LogP contribution >= 0.6 is 0 Å². The Morgan fingerprint density at radius 1 is 0.806 bits per heavy atom. The fourth-order valence-electron chi connectivity index (χ4n) is 2.74. The van der Waals surface area contributed by atoms with Crippen molar-refractivity contribution in [2.75, 3.05) is 27.3 Å². The van der Waals surface area contributed by atoms with E-state index in [9.17, 15) is 10.2 Å². The van der Waals surface area contributed by atoms with Gasteiger partial charge in [0.05, 0.1) is 14.2 Å². The Bertz CT molecular complexity index is 853. The molecule has 0 fully saturated rings. The molecular formula is C23H30CuN2O5. The van der Waals surface area contributed by atoms with Crippen LogP contribution < -0.4 is 19.7 Å². The van der Waals surface area contributed by atoms with Crippen LogP contribution in [0.25, 0.3) is 0 Å². The number of nitrogens with zero attached hydrogens (tertiary/aromatic N) is 2. The van der Waals surface area contributed by atoms with Crippen molar-refractivity contribution in [3.05, 3.63) is 47.5 Å². The minimum atomic E-state index is -0.229. The first-order valence-corrected chi connectivity index (χ1v) is 9.40. The van der Waals surface area contributed by atoms with E-state index in [0.717, 1.165) is 0 Å². The number of hydrogen-bond acceptors (Lipinski definition) is 6. The van der Waals surface area contributed by atoms with E-state index in [1.165, 1.54) is 26.4 Å². The first kappa shape index (κ1) is 28.5. The average molecular weight is 478 g/mol. The van der Waals surface area contributed by atoms with E-state index in [2.05, 4.69) is 23.8 Å². The van der Waals surface area contributed by atoms with Crippen LogP contribution in [0.5, 0.6) is 23.0 Å². The van der Waals surface area contributed by atoms with Gasteiger partial charge in [-0.05, 0) is 49.2 Å². The van der Waals surface area contributed by atoms with Gasteiger partial charge in [0.25, 0.3) is 0 Å². The standard InChI is InChI=1S/C23H30N2O4.Cu.H2O/c1-15(19-9-7-17(28-5)11-21(19)26)24-13-23(3,4)14-25-16(2)20-10-8-18(29-6)12-22(20)27;;/h7-12,26-27H,13-14H2,1-6H3;;1H2/q;+2;/p-2. The van der Waals surface area contributed by atoms with Crippen LogP contribution in [0, 0.1) is 5.41 Å². The summed E-state index contributed by atoms with van der Waals surface area (Å²) in [6, 6.07) is 9.89. The maximum Gasteiger partial charge on any atom is 2.00 e. The van der Waals surface area contributed by atoms with Crippen LogP contribution in [0.2, 0.25) is 0 Å². The molecule has 2 rings (SSSR count). The van der Waals surface area contributed by atoms with Gasteiger partial charge in [0.2, 0.25) is 0 Å². The molecule has 0 unspecified atom stereocenters. The number of methoxy groups -OCH3 is 2. The Labute approximate surface area is 194 Å². The molecule has 0 amide bonds. The molecular weight excluding hydrogens is 448 g/mol. The molecule has 0 bridgehead atoms. The van der Waals surface area contributed by atoms with Crippen molar-refractivity contribution >= 4 is 11.4 Å². The molecule has 2 N–H and O–H groups in total. The fraction of sp³-hybridized carbons (Fsp3) is 0.391. The molecule has 0 heterocycles. The van der Waals surface area contributed by atoms with Crippen LogP contribution in [0.1, 0.15) is 38.8 Å². The zero-order valence-corrected chi connectivity index (χ0v) is 19.6. The van der Waals surface area contributed by atoms with Crippen LogP contribution in [-0.4, -0.2) is 44.2 Å². The van der Waals surface area contributed by atoms with E-state index in [-0.39, 0.29) is 39.5 Å². The Hall–Kier alpha value is -2.54. The molecule has 8 heteroatoms. The molecule has 0 aliphatic rings. The van der Waals surface area contributed by atoms with Gasteiger partial charge in [0.15, 0.2) is 0 Å². The molecule has 0 aromatic heterocycles. The average Bonchev–Trinajstić information content (AvgIpc) is 2.70. The number of ether oxygens (including phenoxy) is 2. The molecule has 2 aromatic carbocycles. The van der Waals surface area contributed by atoms with E-state index < -0.39 is 0 Å². The summed E-state index contributed by atoms with van der Waals surface area (Å²) < 4.78 is 10.1. The van der Waals surface area contributed by atoms with Crippen molar-refractivity contribution in [1.29, 1.82) is 0 Å². The molecule has 2 aromatic rings. The molecule has 0 saturated heterocycles. The van der Waals surface area contributed by atoms with Crippen molar-refractivity contribution < 1.29 is 42.2 Å². The summed E-state index contributed by atoms with van der Waals surface area (Å²) in [5.74, 6) is 0.848. The first-order chi connectivity index (χ1) is 13.7. The van der Waals surface area contributed by atoms with Crippen LogP contribution in [0.4, 0.5) is 0 Å². The Morgan fingerprint density at radius 2 is 1.16 bits per heavy atom. The third-order valence-electron chi connectivity index (χ3n) is 4.65. The quantitative estimate of drug-likeness (QED) is 0.428. The van der Waals surface area contributed by atoms with Crippen LogP contribution in [-0.2, 0) is 17.1 Å². The third-order valence-corrected chi connectivity index (χ3v) is 4.65. The summed E-state index contributed by atoms with van der Waals surface area (Å²) in [4.78, 5) is 9.20. The summed E-state index contributed by atoms with van der Waals surface area (Å²) >= 11 is 0. The van der Waals surface area contributed by atoms with Crippen molar-refractivity contribution in [1.82, 2.24) is 0 Å². The van der Waals surface area contributed by atoms with Gasteiger partial charge < -0.3 is 25.2 Å². The normalized spacial score (nSPS) is 11.9. The Balaban J connectivity index is 0.00000450. The van der Waals surface area contributed by atoms with Crippen LogP contribution in [0.3, 0.4) is 0 Å². The zero-order valence-electron chi connectivity index (χ0n) is 18.7. The predicted molar refractivity (Wildman–Crippen MR) is 116 cm³/mol. The largest absolute Gasteiger partial charge is 2.00 e. The van der Waals surface area contributed by atoms with Gasteiger partial charge in [0.1, 0.15) is 11.5 Å². The summed E-state index contributed by atoms with van der Waals surface area (Å²) in [7, 11) is 3.06. The van der Waals surface area contributed by atoms with Gasteiger partial charge in [-0.3, -0.25) is 9.98 Å². The molecule has 0 aliphatic carbocycles. The monoisotopic (exact) mass is 477 g/mol. The van der Waals surface area contributed by atoms with E-state index in [4.69, 9.17) is 9.47 Å². The van der Waals surface area contributed by atoms with Crippen molar-refractivity contribution in [2.45, 2.75) is 27.7 Å². The molecule has 0 spiro atoms. The van der Waals surface area contributed by atoms with E-state index >= 15 is 0 Å². The van der Waals surface area contributed by atoms with E-state index in [1.807, 2.05) is 13.8 Å². The van der Waals surface area contributed by atoms with E-state index in [1.54, 1.807) is 24.3 Å².